The number of sulfone groups is 1. The average Bonchev–Trinajstić information content (AvgIpc) is 2.21. The summed E-state index contributed by atoms with van der Waals surface area (Å²) in [4.78, 5) is 17.4. The van der Waals surface area contributed by atoms with Gasteiger partial charge in [0.05, 0.1) is 17.8 Å². The number of aromatic amines is 1. The fourth-order valence-electron chi connectivity index (χ4n) is 1.69. The van der Waals surface area contributed by atoms with E-state index in [9.17, 15) is 13.2 Å². The molecule has 0 amide bonds. The first kappa shape index (κ1) is 11.1. The molecule has 0 radical (unpaired) electrons. The van der Waals surface area contributed by atoms with Crippen molar-refractivity contribution in [3.63, 3.8) is 0 Å². The summed E-state index contributed by atoms with van der Waals surface area (Å²) < 4.78 is 22.4. The van der Waals surface area contributed by atoms with Gasteiger partial charge in [0, 0.05) is 12.1 Å². The molecule has 1 aromatic heterocycles. The number of aromatic nitrogens is 2. The Bertz CT molecular complexity index is 509. The molecule has 88 valence electrons. The number of nitrogens with one attached hydrogen (secondary N) is 2. The molecule has 16 heavy (non-hydrogen) atoms. The molecule has 0 aliphatic carbocycles. The van der Waals surface area contributed by atoms with Crippen LogP contribution in [0.5, 0.6) is 0 Å². The van der Waals surface area contributed by atoms with E-state index in [2.05, 4.69) is 15.3 Å². The highest BCUT2D eigenvalue weighted by Crippen LogP contribution is 2.15. The van der Waals surface area contributed by atoms with Crippen molar-refractivity contribution in [3.8, 4) is 0 Å². The lowest BCUT2D eigenvalue weighted by Crippen LogP contribution is -2.32. The summed E-state index contributed by atoms with van der Waals surface area (Å²) >= 11 is 0. The van der Waals surface area contributed by atoms with Crippen molar-refractivity contribution in [1.29, 1.82) is 0 Å². The van der Waals surface area contributed by atoms with Crippen molar-refractivity contribution in [2.24, 2.45) is 0 Å². The lowest BCUT2D eigenvalue weighted by Gasteiger charge is -2.23. The zero-order chi connectivity index (χ0) is 11.6. The Morgan fingerprint density at radius 1 is 1.38 bits per heavy atom. The zero-order valence-electron chi connectivity index (χ0n) is 8.64. The standard InChI is InChI=1S/C9H13N3O3S/c13-9-5-8(10-6-11-9)12-7-1-3-16(14,15)4-2-7/h5-7H,1-4H2,(H2,10,11,12,13). The predicted molar refractivity (Wildman–Crippen MR) is 60.2 cm³/mol. The van der Waals surface area contributed by atoms with Gasteiger partial charge in [-0.2, -0.15) is 0 Å². The van der Waals surface area contributed by atoms with Crippen molar-refractivity contribution in [3.05, 3.63) is 22.7 Å². The first-order valence-corrected chi connectivity index (χ1v) is 6.89. The molecule has 1 aromatic rings. The van der Waals surface area contributed by atoms with Crippen LogP contribution in [0.1, 0.15) is 12.8 Å². The minimum absolute atomic E-state index is 0.0813. The van der Waals surface area contributed by atoms with Gasteiger partial charge in [0.25, 0.3) is 5.56 Å². The average molecular weight is 243 g/mol. The lowest BCUT2D eigenvalue weighted by molar-refractivity contribution is 0.559. The highest BCUT2D eigenvalue weighted by atomic mass is 32.2. The van der Waals surface area contributed by atoms with E-state index in [4.69, 9.17) is 0 Å². The quantitative estimate of drug-likeness (QED) is 0.748. The Morgan fingerprint density at radius 3 is 2.69 bits per heavy atom. The van der Waals surface area contributed by atoms with E-state index >= 15 is 0 Å². The third kappa shape index (κ3) is 2.82. The lowest BCUT2D eigenvalue weighted by atomic mass is 10.1. The molecule has 0 saturated carbocycles. The van der Waals surface area contributed by atoms with Crippen LogP contribution in [0, 0.1) is 0 Å². The van der Waals surface area contributed by atoms with Crippen LogP contribution in [-0.2, 0) is 9.84 Å². The fraction of sp³-hybridized carbons (Fsp3) is 0.556. The van der Waals surface area contributed by atoms with Gasteiger partial charge in [-0.25, -0.2) is 13.4 Å². The molecule has 0 atom stereocenters. The molecule has 1 fully saturated rings. The summed E-state index contributed by atoms with van der Waals surface area (Å²) in [6.45, 7) is 0. The van der Waals surface area contributed by atoms with E-state index in [0.717, 1.165) is 0 Å². The third-order valence-electron chi connectivity index (χ3n) is 2.58. The van der Waals surface area contributed by atoms with Crippen LogP contribution in [0.2, 0.25) is 0 Å². The fourth-order valence-corrected chi connectivity index (χ4v) is 3.18. The van der Waals surface area contributed by atoms with E-state index in [1.165, 1.54) is 12.4 Å². The SMILES string of the molecule is O=c1cc(NC2CCS(=O)(=O)CC2)nc[nH]1. The summed E-state index contributed by atoms with van der Waals surface area (Å²) in [6, 6.07) is 1.45. The van der Waals surface area contributed by atoms with Crippen LogP contribution in [0.15, 0.2) is 17.2 Å². The first-order valence-electron chi connectivity index (χ1n) is 5.07. The maximum Gasteiger partial charge on any atom is 0.252 e. The second kappa shape index (κ2) is 4.25. The Balaban J connectivity index is 1.99. The zero-order valence-corrected chi connectivity index (χ0v) is 9.46. The minimum atomic E-state index is -2.84. The van der Waals surface area contributed by atoms with Crippen LogP contribution >= 0.6 is 0 Å². The molecule has 2 rings (SSSR count). The molecular formula is C9H13N3O3S. The highest BCUT2D eigenvalue weighted by molar-refractivity contribution is 7.91. The van der Waals surface area contributed by atoms with Crippen LogP contribution in [-0.4, -0.2) is 35.9 Å². The smallest absolute Gasteiger partial charge is 0.252 e. The number of nitrogens with zero attached hydrogens (tertiary/aromatic N) is 1. The molecule has 2 heterocycles. The summed E-state index contributed by atoms with van der Waals surface area (Å²) in [7, 11) is -2.84. The molecule has 0 unspecified atom stereocenters. The van der Waals surface area contributed by atoms with Gasteiger partial charge < -0.3 is 10.3 Å². The Morgan fingerprint density at radius 2 is 2.06 bits per heavy atom. The second-order valence-electron chi connectivity index (χ2n) is 3.87. The maximum absolute atomic E-state index is 11.2. The van der Waals surface area contributed by atoms with Crippen LogP contribution < -0.4 is 10.9 Å². The van der Waals surface area contributed by atoms with Gasteiger partial charge >= 0.3 is 0 Å². The summed E-state index contributed by atoms with van der Waals surface area (Å²) in [6.07, 6.45) is 2.46. The van der Waals surface area contributed by atoms with E-state index in [-0.39, 0.29) is 23.1 Å². The summed E-state index contributed by atoms with van der Waals surface area (Å²) in [5.41, 5.74) is -0.221. The van der Waals surface area contributed by atoms with E-state index in [1.807, 2.05) is 0 Å². The molecular weight excluding hydrogens is 230 g/mol. The number of hydrogen-bond donors (Lipinski definition) is 2. The van der Waals surface area contributed by atoms with E-state index < -0.39 is 9.84 Å². The summed E-state index contributed by atoms with van der Waals surface area (Å²) in [5.74, 6) is 0.898. The van der Waals surface area contributed by atoms with Gasteiger partial charge in [-0.1, -0.05) is 0 Å². The normalized spacial score (nSPS) is 20.5. The van der Waals surface area contributed by atoms with Gasteiger partial charge in [-0.05, 0) is 12.8 Å². The first-order chi connectivity index (χ1) is 7.55. The molecule has 0 bridgehead atoms. The summed E-state index contributed by atoms with van der Waals surface area (Å²) in [5, 5.41) is 3.06. The molecule has 1 saturated heterocycles. The van der Waals surface area contributed by atoms with Crippen LogP contribution in [0.3, 0.4) is 0 Å². The van der Waals surface area contributed by atoms with Crippen molar-refractivity contribution in [2.45, 2.75) is 18.9 Å². The topological polar surface area (TPSA) is 91.9 Å². The molecule has 0 aromatic carbocycles. The maximum atomic E-state index is 11.2. The van der Waals surface area contributed by atoms with Crippen molar-refractivity contribution < 1.29 is 8.42 Å². The van der Waals surface area contributed by atoms with Gasteiger partial charge in [-0.3, -0.25) is 4.79 Å². The Hall–Kier alpha value is -1.37. The van der Waals surface area contributed by atoms with Gasteiger partial charge in [0.2, 0.25) is 0 Å². The molecule has 1 aliphatic rings. The molecule has 7 heteroatoms. The number of hydrogen-bond acceptors (Lipinski definition) is 5. The van der Waals surface area contributed by atoms with E-state index in [1.54, 1.807) is 0 Å². The van der Waals surface area contributed by atoms with Gasteiger partial charge in [0.1, 0.15) is 15.7 Å². The van der Waals surface area contributed by atoms with Crippen LogP contribution in [0.25, 0.3) is 0 Å². The van der Waals surface area contributed by atoms with Gasteiger partial charge in [-0.15, -0.1) is 0 Å². The van der Waals surface area contributed by atoms with E-state index in [0.29, 0.717) is 18.7 Å². The Kier molecular flexibility index (Phi) is 2.95. The van der Waals surface area contributed by atoms with Gasteiger partial charge in [0.15, 0.2) is 0 Å². The van der Waals surface area contributed by atoms with Crippen molar-refractivity contribution in [2.75, 3.05) is 16.8 Å². The Labute approximate surface area is 93.0 Å². The molecule has 6 nitrogen and oxygen atoms in total. The van der Waals surface area contributed by atoms with Crippen molar-refractivity contribution >= 4 is 15.7 Å². The molecule has 2 N–H and O–H groups in total. The highest BCUT2D eigenvalue weighted by Gasteiger charge is 2.23. The molecule has 0 spiro atoms. The van der Waals surface area contributed by atoms with Crippen LogP contribution in [0.4, 0.5) is 5.82 Å². The number of rotatable bonds is 2. The number of H-pyrrole nitrogens is 1. The minimum Gasteiger partial charge on any atom is -0.367 e. The van der Waals surface area contributed by atoms with Crippen molar-refractivity contribution in [1.82, 2.24) is 9.97 Å². The molecule has 1 aliphatic heterocycles. The second-order valence-corrected chi connectivity index (χ2v) is 6.17. The third-order valence-corrected chi connectivity index (χ3v) is 4.30. The predicted octanol–water partition coefficient (Wildman–Crippen LogP) is -0.241. The number of anilines is 1. The largest absolute Gasteiger partial charge is 0.367 e. The monoisotopic (exact) mass is 243 g/mol.